The first-order valence-electron chi connectivity index (χ1n) is 9.44. The van der Waals surface area contributed by atoms with Crippen LogP contribution in [0.2, 0.25) is 0 Å². The van der Waals surface area contributed by atoms with Gasteiger partial charge >= 0.3 is 0 Å². The number of carbonyl (C=O) groups is 1. The summed E-state index contributed by atoms with van der Waals surface area (Å²) in [4.78, 5) is 16.6. The molecule has 0 aliphatic carbocycles. The summed E-state index contributed by atoms with van der Waals surface area (Å²) in [5, 5.41) is 19.6. The summed E-state index contributed by atoms with van der Waals surface area (Å²) in [6, 6.07) is 7.47. The summed E-state index contributed by atoms with van der Waals surface area (Å²) in [6.45, 7) is 4.54. The molecular weight excluding hydrogens is 348 g/mol. The zero-order valence-electron chi connectivity index (χ0n) is 15.6. The number of carbonyl (C=O) groups excluding carboxylic acids is 1. The summed E-state index contributed by atoms with van der Waals surface area (Å²) in [5.41, 5.74) is 1.30. The summed E-state index contributed by atoms with van der Waals surface area (Å²) in [6.07, 6.45) is 5.09. The zero-order valence-corrected chi connectivity index (χ0v) is 16.4. The van der Waals surface area contributed by atoms with Gasteiger partial charge in [0.1, 0.15) is 5.75 Å². The number of hydrogen-bond acceptors (Lipinski definition) is 5. The Hall–Kier alpha value is -1.24. The Bertz CT molecular complexity index is 617. The number of thioether (sulfide) groups is 1. The maximum Gasteiger partial charge on any atom is 0.232 e. The van der Waals surface area contributed by atoms with E-state index in [1.807, 2.05) is 23.3 Å². The Labute approximate surface area is 160 Å². The second-order valence-electron chi connectivity index (χ2n) is 7.71. The lowest BCUT2D eigenvalue weighted by molar-refractivity contribution is -0.135. The van der Waals surface area contributed by atoms with Gasteiger partial charge in [0, 0.05) is 32.2 Å². The van der Waals surface area contributed by atoms with Crippen LogP contribution in [0.5, 0.6) is 5.75 Å². The van der Waals surface area contributed by atoms with Gasteiger partial charge < -0.3 is 15.1 Å². The first kappa shape index (κ1) is 19.5. The van der Waals surface area contributed by atoms with E-state index in [2.05, 4.69) is 11.0 Å². The minimum atomic E-state index is 0.162. The van der Waals surface area contributed by atoms with Crippen LogP contribution < -0.4 is 0 Å². The molecule has 1 spiro atoms. The summed E-state index contributed by atoms with van der Waals surface area (Å²) in [5.74, 6) is 1.23. The number of piperidine rings is 2. The van der Waals surface area contributed by atoms with Crippen molar-refractivity contribution in [2.24, 2.45) is 11.3 Å². The number of aromatic hydroxyl groups is 1. The third-order valence-corrected chi connectivity index (χ3v) is 6.73. The molecule has 0 saturated carbocycles. The molecule has 2 fully saturated rings. The van der Waals surface area contributed by atoms with Gasteiger partial charge in [-0.2, -0.15) is 11.8 Å². The van der Waals surface area contributed by atoms with Crippen molar-refractivity contribution < 1.29 is 15.0 Å². The first-order valence-corrected chi connectivity index (χ1v) is 10.8. The van der Waals surface area contributed by atoms with Gasteiger partial charge in [-0.3, -0.25) is 9.69 Å². The number of nitrogens with zero attached hydrogens (tertiary/aromatic N) is 2. The van der Waals surface area contributed by atoms with Crippen molar-refractivity contribution in [3.8, 4) is 5.75 Å². The van der Waals surface area contributed by atoms with Gasteiger partial charge in [-0.25, -0.2) is 0 Å². The zero-order chi connectivity index (χ0) is 18.6. The predicted molar refractivity (Wildman–Crippen MR) is 105 cm³/mol. The Morgan fingerprint density at radius 2 is 2.00 bits per heavy atom. The molecule has 0 unspecified atom stereocenters. The SMILES string of the molecule is CSCC(=O)N1CCC2(CCN(Cc3cccc(O)c3)CC2)[C@@H](CO)C1. The molecule has 0 radical (unpaired) electrons. The molecule has 2 heterocycles. The fraction of sp³-hybridized carbons (Fsp3) is 0.650. The number of phenols is 1. The topological polar surface area (TPSA) is 64.0 Å². The minimum absolute atomic E-state index is 0.162. The highest BCUT2D eigenvalue weighted by molar-refractivity contribution is 7.99. The Kier molecular flexibility index (Phi) is 6.48. The summed E-state index contributed by atoms with van der Waals surface area (Å²) >= 11 is 1.56. The monoisotopic (exact) mass is 378 g/mol. The van der Waals surface area contributed by atoms with Crippen molar-refractivity contribution in [3.05, 3.63) is 29.8 Å². The van der Waals surface area contributed by atoms with E-state index < -0.39 is 0 Å². The van der Waals surface area contributed by atoms with E-state index in [4.69, 9.17) is 0 Å². The lowest BCUT2D eigenvalue weighted by Gasteiger charge is -2.51. The third-order valence-electron chi connectivity index (χ3n) is 6.20. The maximum absolute atomic E-state index is 12.2. The van der Waals surface area contributed by atoms with Crippen molar-refractivity contribution in [2.75, 3.05) is 44.8 Å². The summed E-state index contributed by atoms with van der Waals surface area (Å²) < 4.78 is 0. The maximum atomic E-state index is 12.2. The number of aliphatic hydroxyl groups excluding tert-OH is 1. The molecule has 2 aliphatic rings. The van der Waals surface area contributed by atoms with E-state index in [0.717, 1.165) is 51.0 Å². The molecule has 5 nitrogen and oxygen atoms in total. The van der Waals surface area contributed by atoms with Crippen molar-refractivity contribution in [1.82, 2.24) is 9.80 Å². The third kappa shape index (κ3) is 4.35. The summed E-state index contributed by atoms with van der Waals surface area (Å²) in [7, 11) is 0. The van der Waals surface area contributed by atoms with Gasteiger partial charge in [0.05, 0.1) is 5.75 Å². The van der Waals surface area contributed by atoms with Crippen LogP contribution in [0, 0.1) is 11.3 Å². The molecular formula is C20H30N2O3S. The number of likely N-dealkylation sites (tertiary alicyclic amines) is 2. The van der Waals surface area contributed by atoms with Crippen LogP contribution in [-0.2, 0) is 11.3 Å². The van der Waals surface area contributed by atoms with Crippen LogP contribution in [-0.4, -0.2) is 70.7 Å². The molecule has 1 atom stereocenters. The minimum Gasteiger partial charge on any atom is -0.508 e. The molecule has 2 aliphatic heterocycles. The quantitative estimate of drug-likeness (QED) is 0.822. The highest BCUT2D eigenvalue weighted by Crippen LogP contribution is 2.45. The van der Waals surface area contributed by atoms with Crippen LogP contribution in [0.15, 0.2) is 24.3 Å². The molecule has 0 bridgehead atoms. The molecule has 6 heteroatoms. The van der Waals surface area contributed by atoms with Gasteiger partial charge in [0.15, 0.2) is 0 Å². The first-order chi connectivity index (χ1) is 12.6. The molecule has 0 aromatic heterocycles. The normalized spacial score (nSPS) is 23.3. The molecule has 1 aromatic carbocycles. The van der Waals surface area contributed by atoms with Crippen LogP contribution >= 0.6 is 11.8 Å². The van der Waals surface area contributed by atoms with Crippen LogP contribution in [0.1, 0.15) is 24.8 Å². The van der Waals surface area contributed by atoms with Gasteiger partial charge in [-0.05, 0) is 61.7 Å². The van der Waals surface area contributed by atoms with E-state index in [0.29, 0.717) is 18.0 Å². The predicted octanol–water partition coefficient (Wildman–Crippen LogP) is 2.18. The fourth-order valence-corrected chi connectivity index (χ4v) is 4.96. The number of hydrogen-bond donors (Lipinski definition) is 2. The van der Waals surface area contributed by atoms with Crippen LogP contribution in [0.25, 0.3) is 0 Å². The molecule has 144 valence electrons. The Morgan fingerprint density at radius 3 is 2.65 bits per heavy atom. The lowest BCUT2D eigenvalue weighted by atomic mass is 9.64. The van der Waals surface area contributed by atoms with Crippen molar-refractivity contribution >= 4 is 17.7 Å². The number of phenolic OH excluding ortho intramolecular Hbond substituents is 1. The molecule has 2 N–H and O–H groups in total. The lowest BCUT2D eigenvalue weighted by Crippen LogP contribution is -2.54. The molecule has 1 amide bonds. The van der Waals surface area contributed by atoms with Crippen LogP contribution in [0.3, 0.4) is 0 Å². The molecule has 3 rings (SSSR count). The highest BCUT2D eigenvalue weighted by atomic mass is 32.2. The van der Waals surface area contributed by atoms with Gasteiger partial charge in [0.25, 0.3) is 0 Å². The second kappa shape index (κ2) is 8.63. The smallest absolute Gasteiger partial charge is 0.232 e. The Morgan fingerprint density at radius 1 is 1.27 bits per heavy atom. The average molecular weight is 379 g/mol. The highest BCUT2D eigenvalue weighted by Gasteiger charge is 2.45. The largest absolute Gasteiger partial charge is 0.508 e. The van der Waals surface area contributed by atoms with E-state index >= 15 is 0 Å². The molecule has 1 aromatic rings. The molecule has 26 heavy (non-hydrogen) atoms. The number of benzene rings is 1. The van der Waals surface area contributed by atoms with Gasteiger partial charge in [0.2, 0.25) is 5.91 Å². The molecule has 2 saturated heterocycles. The van der Waals surface area contributed by atoms with E-state index in [-0.39, 0.29) is 23.8 Å². The van der Waals surface area contributed by atoms with Crippen molar-refractivity contribution in [3.63, 3.8) is 0 Å². The number of aliphatic hydroxyl groups is 1. The van der Waals surface area contributed by atoms with Crippen molar-refractivity contribution in [1.29, 1.82) is 0 Å². The second-order valence-corrected chi connectivity index (χ2v) is 8.58. The van der Waals surface area contributed by atoms with E-state index in [1.165, 1.54) is 0 Å². The van der Waals surface area contributed by atoms with Crippen LogP contribution in [0.4, 0.5) is 0 Å². The van der Waals surface area contributed by atoms with E-state index in [9.17, 15) is 15.0 Å². The standard InChI is InChI=1S/C20H30N2O3S/c1-26-15-19(25)22-10-7-20(17(13-22)14-23)5-8-21(9-6-20)12-16-3-2-4-18(24)11-16/h2-4,11,17,23-24H,5-10,12-15H2,1H3/t17-/m1/s1. The van der Waals surface area contributed by atoms with Gasteiger partial charge in [-0.1, -0.05) is 12.1 Å². The van der Waals surface area contributed by atoms with E-state index in [1.54, 1.807) is 17.8 Å². The average Bonchev–Trinajstić information content (AvgIpc) is 2.64. The van der Waals surface area contributed by atoms with Gasteiger partial charge in [-0.15, -0.1) is 0 Å². The number of rotatable bonds is 5. The Balaban J connectivity index is 1.58. The van der Waals surface area contributed by atoms with Crippen molar-refractivity contribution in [2.45, 2.75) is 25.8 Å². The number of amides is 1. The fourth-order valence-electron chi connectivity index (χ4n) is 4.53.